The van der Waals surface area contributed by atoms with Crippen molar-refractivity contribution in [3.63, 3.8) is 0 Å². The Labute approximate surface area is 107 Å². The summed E-state index contributed by atoms with van der Waals surface area (Å²) in [7, 11) is 0. The average molecular weight is 285 g/mol. The number of pyridine rings is 1. The first-order chi connectivity index (χ1) is 7.30. The summed E-state index contributed by atoms with van der Waals surface area (Å²) in [6.07, 6.45) is 1.83. The molecule has 1 aromatic rings. The Bertz CT molecular complexity index is 355. The lowest BCUT2D eigenvalue weighted by atomic mass is 9.82. The smallest absolute Gasteiger partial charge is 0.128 e. The number of nitrogens with one attached hydrogen (secondary N) is 1. The molecule has 1 heterocycles. The van der Waals surface area contributed by atoms with Crippen LogP contribution in [0.15, 0.2) is 16.7 Å². The Kier molecular flexibility index (Phi) is 4.36. The maximum atomic E-state index is 4.37. The Morgan fingerprint density at radius 3 is 2.56 bits per heavy atom. The molecule has 1 aromatic heterocycles. The van der Waals surface area contributed by atoms with E-state index < -0.39 is 0 Å². The summed E-state index contributed by atoms with van der Waals surface area (Å²) in [6, 6.07) is 2.08. The Morgan fingerprint density at radius 1 is 1.44 bits per heavy atom. The first-order valence-electron chi connectivity index (χ1n) is 5.66. The van der Waals surface area contributed by atoms with Crippen molar-refractivity contribution in [2.45, 2.75) is 34.6 Å². The molecule has 2 nitrogen and oxygen atoms in total. The van der Waals surface area contributed by atoms with E-state index in [9.17, 15) is 0 Å². The Morgan fingerprint density at radius 2 is 2.06 bits per heavy atom. The third-order valence-electron chi connectivity index (χ3n) is 3.10. The summed E-state index contributed by atoms with van der Waals surface area (Å²) in [5.41, 5.74) is 1.51. The van der Waals surface area contributed by atoms with Crippen molar-refractivity contribution in [1.29, 1.82) is 0 Å². The first-order valence-corrected chi connectivity index (χ1v) is 6.46. The predicted octanol–water partition coefficient (Wildman–Crippen LogP) is 4.25. The van der Waals surface area contributed by atoms with Crippen LogP contribution in [0.4, 0.5) is 5.82 Å². The van der Waals surface area contributed by atoms with Gasteiger partial charge in [0.1, 0.15) is 5.82 Å². The fourth-order valence-corrected chi connectivity index (χ4v) is 1.73. The molecule has 0 aliphatic carbocycles. The van der Waals surface area contributed by atoms with E-state index in [1.807, 2.05) is 6.20 Å². The third kappa shape index (κ3) is 3.78. The van der Waals surface area contributed by atoms with Crippen molar-refractivity contribution in [1.82, 2.24) is 4.98 Å². The van der Waals surface area contributed by atoms with E-state index in [4.69, 9.17) is 0 Å². The van der Waals surface area contributed by atoms with Crippen molar-refractivity contribution < 1.29 is 0 Å². The molecule has 0 amide bonds. The number of hydrogen-bond acceptors (Lipinski definition) is 2. The molecule has 0 spiro atoms. The van der Waals surface area contributed by atoms with Crippen LogP contribution in [0.5, 0.6) is 0 Å². The summed E-state index contributed by atoms with van der Waals surface area (Å²) in [4.78, 5) is 4.37. The molecule has 0 saturated heterocycles. The van der Waals surface area contributed by atoms with Gasteiger partial charge in [0.2, 0.25) is 0 Å². The second-order valence-corrected chi connectivity index (χ2v) is 6.38. The monoisotopic (exact) mass is 284 g/mol. The number of halogens is 1. The number of aryl methyl sites for hydroxylation is 1. The Balaban J connectivity index is 2.62. The van der Waals surface area contributed by atoms with Gasteiger partial charge in [0.25, 0.3) is 0 Å². The molecule has 1 rings (SSSR count). The second-order valence-electron chi connectivity index (χ2n) is 5.47. The Hall–Kier alpha value is -0.570. The van der Waals surface area contributed by atoms with Crippen LogP contribution in [-0.2, 0) is 0 Å². The van der Waals surface area contributed by atoms with E-state index >= 15 is 0 Å². The number of hydrogen-bond donors (Lipinski definition) is 1. The number of rotatable bonds is 3. The highest BCUT2D eigenvalue weighted by atomic mass is 79.9. The van der Waals surface area contributed by atoms with Crippen LogP contribution in [0.25, 0.3) is 0 Å². The molecule has 0 fully saturated rings. The molecule has 0 aromatic carbocycles. The molecule has 90 valence electrons. The third-order valence-corrected chi connectivity index (χ3v) is 3.53. The quantitative estimate of drug-likeness (QED) is 0.898. The molecular formula is C13H21BrN2. The van der Waals surface area contributed by atoms with Crippen molar-refractivity contribution >= 4 is 21.7 Å². The van der Waals surface area contributed by atoms with Gasteiger partial charge in [0, 0.05) is 17.2 Å². The molecule has 0 aliphatic rings. The van der Waals surface area contributed by atoms with Crippen LogP contribution < -0.4 is 5.32 Å². The molecule has 0 aliphatic heterocycles. The topological polar surface area (TPSA) is 24.9 Å². The van der Waals surface area contributed by atoms with Crippen LogP contribution in [0.1, 0.15) is 33.3 Å². The molecule has 1 N–H and O–H groups in total. The molecule has 1 atom stereocenters. The zero-order valence-electron chi connectivity index (χ0n) is 10.8. The molecule has 16 heavy (non-hydrogen) atoms. The summed E-state index contributed by atoms with van der Waals surface area (Å²) >= 11 is 3.42. The summed E-state index contributed by atoms with van der Waals surface area (Å²) < 4.78 is 1.03. The van der Waals surface area contributed by atoms with Gasteiger partial charge in [-0.25, -0.2) is 4.98 Å². The predicted molar refractivity (Wildman–Crippen MR) is 73.8 cm³/mol. The zero-order valence-corrected chi connectivity index (χ0v) is 12.4. The van der Waals surface area contributed by atoms with E-state index in [0.717, 1.165) is 16.8 Å². The molecule has 1 unspecified atom stereocenters. The fourth-order valence-electron chi connectivity index (χ4n) is 1.28. The largest absolute Gasteiger partial charge is 0.370 e. The van der Waals surface area contributed by atoms with E-state index in [1.165, 1.54) is 5.56 Å². The van der Waals surface area contributed by atoms with Gasteiger partial charge < -0.3 is 5.32 Å². The van der Waals surface area contributed by atoms with E-state index in [2.05, 4.69) is 66.9 Å². The van der Waals surface area contributed by atoms with Crippen molar-refractivity contribution in [3.8, 4) is 0 Å². The van der Waals surface area contributed by atoms with Gasteiger partial charge in [-0.1, -0.05) is 27.7 Å². The molecule has 0 radical (unpaired) electrons. The van der Waals surface area contributed by atoms with Gasteiger partial charge in [0.05, 0.1) is 0 Å². The highest BCUT2D eigenvalue weighted by Crippen LogP contribution is 2.26. The maximum Gasteiger partial charge on any atom is 0.128 e. The minimum absolute atomic E-state index is 0.330. The molecule has 0 saturated carbocycles. The number of nitrogens with zero attached hydrogens (tertiary/aromatic N) is 1. The standard InChI is InChI=1S/C13H21BrN2/c1-9-6-11(14)8-16-12(9)15-7-10(2)13(3,4)5/h6,8,10H,7H2,1-5H3,(H,15,16). The van der Waals surface area contributed by atoms with Gasteiger partial charge in [-0.2, -0.15) is 0 Å². The van der Waals surface area contributed by atoms with E-state index in [0.29, 0.717) is 11.3 Å². The van der Waals surface area contributed by atoms with Gasteiger partial charge in [-0.05, 0) is 45.8 Å². The molecule has 0 bridgehead atoms. The van der Waals surface area contributed by atoms with Gasteiger partial charge in [-0.15, -0.1) is 0 Å². The number of anilines is 1. The molecular weight excluding hydrogens is 264 g/mol. The van der Waals surface area contributed by atoms with Crippen molar-refractivity contribution in [3.05, 3.63) is 22.3 Å². The van der Waals surface area contributed by atoms with Crippen molar-refractivity contribution in [2.75, 3.05) is 11.9 Å². The van der Waals surface area contributed by atoms with Gasteiger partial charge in [-0.3, -0.25) is 0 Å². The number of aromatic nitrogens is 1. The lowest BCUT2D eigenvalue weighted by molar-refractivity contribution is 0.274. The summed E-state index contributed by atoms with van der Waals surface area (Å²) in [5, 5.41) is 3.41. The maximum absolute atomic E-state index is 4.37. The second kappa shape index (κ2) is 5.17. The van der Waals surface area contributed by atoms with Crippen LogP contribution in [0.3, 0.4) is 0 Å². The van der Waals surface area contributed by atoms with E-state index in [1.54, 1.807) is 0 Å². The lowest BCUT2D eigenvalue weighted by Gasteiger charge is -2.27. The normalized spacial score (nSPS) is 13.6. The highest BCUT2D eigenvalue weighted by Gasteiger charge is 2.19. The van der Waals surface area contributed by atoms with Crippen LogP contribution in [0.2, 0.25) is 0 Å². The molecule has 3 heteroatoms. The van der Waals surface area contributed by atoms with Crippen LogP contribution >= 0.6 is 15.9 Å². The minimum atomic E-state index is 0.330. The van der Waals surface area contributed by atoms with Gasteiger partial charge >= 0.3 is 0 Å². The SMILES string of the molecule is Cc1cc(Br)cnc1NCC(C)C(C)(C)C. The zero-order chi connectivity index (χ0) is 12.3. The lowest BCUT2D eigenvalue weighted by Crippen LogP contribution is -2.25. The highest BCUT2D eigenvalue weighted by molar-refractivity contribution is 9.10. The van der Waals surface area contributed by atoms with Gasteiger partial charge in [0.15, 0.2) is 0 Å². The van der Waals surface area contributed by atoms with Crippen LogP contribution in [0, 0.1) is 18.3 Å². The van der Waals surface area contributed by atoms with E-state index in [-0.39, 0.29) is 0 Å². The average Bonchev–Trinajstić information content (AvgIpc) is 2.14. The minimum Gasteiger partial charge on any atom is -0.370 e. The summed E-state index contributed by atoms with van der Waals surface area (Å²) in [6.45, 7) is 12.1. The van der Waals surface area contributed by atoms with Crippen LogP contribution in [-0.4, -0.2) is 11.5 Å². The fraction of sp³-hybridized carbons (Fsp3) is 0.615. The first kappa shape index (κ1) is 13.5. The van der Waals surface area contributed by atoms with Crippen molar-refractivity contribution in [2.24, 2.45) is 11.3 Å². The summed E-state index contributed by atoms with van der Waals surface area (Å²) in [5.74, 6) is 1.59.